The normalized spacial score (nSPS) is 15.9. The predicted molar refractivity (Wildman–Crippen MR) is 168 cm³/mol. The van der Waals surface area contributed by atoms with Crippen molar-refractivity contribution >= 4 is 34.7 Å². The van der Waals surface area contributed by atoms with Crippen molar-refractivity contribution in [1.82, 2.24) is 4.57 Å². The molecular weight excluding hydrogens is 564 g/mol. The number of methoxy groups -OCH3 is 1. The third-order valence-electron chi connectivity index (χ3n) is 7.81. The number of aromatic nitrogens is 1. The summed E-state index contributed by atoms with van der Waals surface area (Å²) in [7, 11) is 1.68. The second-order valence-corrected chi connectivity index (χ2v) is 11.7. The molecule has 7 rings (SSSR count). The molecule has 4 aromatic carbocycles. The fraction of sp³-hybridized carbons (Fsp3) is 0.143. The molecule has 42 heavy (non-hydrogen) atoms. The summed E-state index contributed by atoms with van der Waals surface area (Å²) in [4.78, 5) is 19.9. The minimum absolute atomic E-state index is 0.0672. The molecule has 0 saturated carbocycles. The van der Waals surface area contributed by atoms with E-state index >= 15 is 0 Å². The molecule has 5 nitrogen and oxygen atoms in total. The highest BCUT2D eigenvalue weighted by Gasteiger charge is 2.33. The van der Waals surface area contributed by atoms with Gasteiger partial charge in [0.05, 0.1) is 23.4 Å². The van der Waals surface area contributed by atoms with Crippen LogP contribution in [0.25, 0.3) is 11.8 Å². The largest absolute Gasteiger partial charge is 0.496 e. The summed E-state index contributed by atoms with van der Waals surface area (Å²) in [5.41, 5.74) is 7.22. The Kier molecular flexibility index (Phi) is 7.02. The van der Waals surface area contributed by atoms with Crippen molar-refractivity contribution < 1.29 is 9.47 Å². The number of halogens is 1. The molecular formula is C35H27ClN2O3S. The first-order valence-electron chi connectivity index (χ1n) is 13.8. The number of aryl methyl sites for hydroxylation is 1. The van der Waals surface area contributed by atoms with Gasteiger partial charge in [-0.1, -0.05) is 95.7 Å². The Morgan fingerprint density at radius 2 is 1.79 bits per heavy atom. The molecule has 2 aliphatic rings. The Balaban J connectivity index is 1.34. The van der Waals surface area contributed by atoms with Gasteiger partial charge in [-0.3, -0.25) is 9.36 Å². The number of ether oxygens (including phenoxy) is 2. The maximum absolute atomic E-state index is 14.1. The quantitative estimate of drug-likeness (QED) is 0.225. The molecule has 0 spiro atoms. The topological polar surface area (TPSA) is 52.8 Å². The van der Waals surface area contributed by atoms with E-state index in [1.165, 1.54) is 16.9 Å². The van der Waals surface area contributed by atoms with E-state index in [0.29, 0.717) is 26.7 Å². The molecule has 0 N–H and O–H groups in total. The standard InChI is InChI=1S/C35H27ClN2O3S/c1-40-30-16-7-5-14-27(30)33-28-18-17-23-10-2-4-13-26(23)32(28)37-35-38(33)34(39)31(42-35)20-22-9-8-12-25(19-22)41-21-24-11-3-6-15-29(24)36/h2-16,19-20,33H,17-18,21H2,1H3/b31-20-/t33-/m1/s1. The number of hydrogen-bond donors (Lipinski definition) is 0. The van der Waals surface area contributed by atoms with Gasteiger partial charge in [-0.2, -0.15) is 0 Å². The lowest BCUT2D eigenvalue weighted by molar-refractivity contribution is 0.306. The van der Waals surface area contributed by atoms with Crippen LogP contribution in [0.4, 0.5) is 0 Å². The van der Waals surface area contributed by atoms with Crippen LogP contribution >= 0.6 is 22.9 Å². The number of para-hydroxylation sites is 1. The number of allylic oxidation sites excluding steroid dienone is 1. The van der Waals surface area contributed by atoms with Crippen LogP contribution in [0.3, 0.4) is 0 Å². The van der Waals surface area contributed by atoms with Crippen molar-refractivity contribution in [2.24, 2.45) is 4.99 Å². The second kappa shape index (κ2) is 11.1. The van der Waals surface area contributed by atoms with E-state index < -0.39 is 0 Å². The minimum Gasteiger partial charge on any atom is -0.496 e. The zero-order valence-corrected chi connectivity index (χ0v) is 24.5. The highest BCUT2D eigenvalue weighted by molar-refractivity contribution is 7.07. The van der Waals surface area contributed by atoms with Gasteiger partial charge in [-0.05, 0) is 59.9 Å². The van der Waals surface area contributed by atoms with Gasteiger partial charge < -0.3 is 9.47 Å². The van der Waals surface area contributed by atoms with Crippen LogP contribution in [0.2, 0.25) is 5.02 Å². The van der Waals surface area contributed by atoms with Gasteiger partial charge in [-0.25, -0.2) is 4.99 Å². The second-order valence-electron chi connectivity index (χ2n) is 10.3. The summed E-state index contributed by atoms with van der Waals surface area (Å²) < 4.78 is 14.3. The SMILES string of the molecule is COc1ccccc1[C@@H]1C2=C(N=c3s/c(=C\c4cccc(OCc5ccccc5Cl)c4)c(=O)n31)c1ccccc1CC2. The molecule has 0 bridgehead atoms. The fourth-order valence-electron chi connectivity index (χ4n) is 5.81. The highest BCUT2D eigenvalue weighted by atomic mass is 35.5. The molecule has 7 heteroatoms. The predicted octanol–water partition coefficient (Wildman–Crippen LogP) is 6.56. The Bertz CT molecular complexity index is 2040. The maximum Gasteiger partial charge on any atom is 0.271 e. The Labute approximate surface area is 252 Å². The summed E-state index contributed by atoms with van der Waals surface area (Å²) >= 11 is 7.71. The number of benzene rings is 4. The van der Waals surface area contributed by atoms with Crippen molar-refractivity contribution in [3.05, 3.63) is 155 Å². The number of rotatable bonds is 6. The number of fused-ring (bicyclic) bond motifs is 3. The molecule has 0 radical (unpaired) electrons. The average molecular weight is 591 g/mol. The van der Waals surface area contributed by atoms with Crippen LogP contribution in [0, 0.1) is 0 Å². The Morgan fingerprint density at radius 3 is 2.67 bits per heavy atom. The number of thiazole rings is 1. The molecule has 1 atom stereocenters. The molecule has 1 aromatic heterocycles. The summed E-state index contributed by atoms with van der Waals surface area (Å²) in [6.07, 6.45) is 3.65. The molecule has 208 valence electrons. The van der Waals surface area contributed by atoms with E-state index in [1.54, 1.807) is 7.11 Å². The van der Waals surface area contributed by atoms with E-state index in [9.17, 15) is 4.79 Å². The van der Waals surface area contributed by atoms with Crippen molar-refractivity contribution in [2.75, 3.05) is 7.11 Å². The molecule has 0 saturated heterocycles. The van der Waals surface area contributed by atoms with Gasteiger partial charge >= 0.3 is 0 Å². The Morgan fingerprint density at radius 1 is 0.976 bits per heavy atom. The highest BCUT2D eigenvalue weighted by Crippen LogP contribution is 2.43. The van der Waals surface area contributed by atoms with Crippen LogP contribution in [-0.2, 0) is 13.0 Å². The maximum atomic E-state index is 14.1. The molecule has 0 amide bonds. The van der Waals surface area contributed by atoms with E-state index in [4.69, 9.17) is 26.1 Å². The van der Waals surface area contributed by atoms with Gasteiger partial charge in [0.2, 0.25) is 0 Å². The average Bonchev–Trinajstić information content (AvgIpc) is 3.33. The van der Waals surface area contributed by atoms with Gasteiger partial charge in [0.1, 0.15) is 18.1 Å². The summed E-state index contributed by atoms with van der Waals surface area (Å²) in [5, 5.41) is 0.671. The summed E-state index contributed by atoms with van der Waals surface area (Å²) in [6, 6.07) is 31.5. The van der Waals surface area contributed by atoms with E-state index in [1.807, 2.05) is 77.4 Å². The third-order valence-corrected chi connectivity index (χ3v) is 9.17. The molecule has 1 aliphatic heterocycles. The molecule has 1 aliphatic carbocycles. The minimum atomic E-state index is -0.298. The van der Waals surface area contributed by atoms with E-state index in [0.717, 1.165) is 52.1 Å². The number of hydrogen-bond acceptors (Lipinski definition) is 5. The van der Waals surface area contributed by atoms with E-state index in [-0.39, 0.29) is 11.6 Å². The molecule has 5 aromatic rings. The lowest BCUT2D eigenvalue weighted by Gasteiger charge is -2.31. The van der Waals surface area contributed by atoms with Crippen LogP contribution < -0.4 is 24.4 Å². The number of nitrogens with zero attached hydrogens (tertiary/aromatic N) is 2. The molecule has 0 unspecified atom stereocenters. The molecule has 0 fully saturated rings. The zero-order chi connectivity index (χ0) is 28.6. The third kappa shape index (κ3) is 4.77. The van der Waals surface area contributed by atoms with Gasteiger partial charge in [0, 0.05) is 21.7 Å². The van der Waals surface area contributed by atoms with Gasteiger partial charge in [-0.15, -0.1) is 0 Å². The smallest absolute Gasteiger partial charge is 0.271 e. The fourth-order valence-corrected chi connectivity index (χ4v) is 7.00. The lowest BCUT2D eigenvalue weighted by Crippen LogP contribution is -2.39. The van der Waals surface area contributed by atoms with Crippen molar-refractivity contribution in [1.29, 1.82) is 0 Å². The first kappa shape index (κ1) is 26.5. The van der Waals surface area contributed by atoms with Crippen molar-refractivity contribution in [3.63, 3.8) is 0 Å². The first-order chi connectivity index (χ1) is 20.6. The van der Waals surface area contributed by atoms with Crippen LogP contribution in [0.1, 0.15) is 40.3 Å². The van der Waals surface area contributed by atoms with Crippen LogP contribution in [-0.4, -0.2) is 11.7 Å². The van der Waals surface area contributed by atoms with Crippen LogP contribution in [0.15, 0.2) is 112 Å². The zero-order valence-electron chi connectivity index (χ0n) is 22.9. The van der Waals surface area contributed by atoms with Gasteiger partial charge in [0.15, 0.2) is 4.80 Å². The summed E-state index contributed by atoms with van der Waals surface area (Å²) in [6.45, 7) is 0.358. The monoisotopic (exact) mass is 590 g/mol. The summed E-state index contributed by atoms with van der Waals surface area (Å²) in [5.74, 6) is 1.46. The van der Waals surface area contributed by atoms with Crippen LogP contribution in [0.5, 0.6) is 11.5 Å². The lowest BCUT2D eigenvalue weighted by atomic mass is 9.83. The Hall–Kier alpha value is -4.39. The van der Waals surface area contributed by atoms with E-state index in [2.05, 4.69) is 30.3 Å². The first-order valence-corrected chi connectivity index (χ1v) is 15.0. The van der Waals surface area contributed by atoms with Gasteiger partial charge in [0.25, 0.3) is 5.56 Å². The van der Waals surface area contributed by atoms with Crippen molar-refractivity contribution in [2.45, 2.75) is 25.5 Å². The molecule has 2 heterocycles. The van der Waals surface area contributed by atoms with Crippen molar-refractivity contribution in [3.8, 4) is 11.5 Å².